The molecule has 2 aromatic carbocycles. The minimum atomic E-state index is -4.34. The molecule has 0 aliphatic carbocycles. The summed E-state index contributed by atoms with van der Waals surface area (Å²) in [5, 5.41) is 9.32. The predicted octanol–water partition coefficient (Wildman–Crippen LogP) is -2.05. The first-order valence-electron chi connectivity index (χ1n) is 9.22. The van der Waals surface area contributed by atoms with Crippen molar-refractivity contribution in [2.75, 3.05) is 12.3 Å². The van der Waals surface area contributed by atoms with Crippen LogP contribution in [-0.2, 0) is 14.8 Å². The van der Waals surface area contributed by atoms with E-state index in [0.717, 1.165) is 11.9 Å². The van der Waals surface area contributed by atoms with Gasteiger partial charge in [0.2, 0.25) is 15.9 Å². The van der Waals surface area contributed by atoms with Gasteiger partial charge in [0.25, 0.3) is 0 Å². The highest BCUT2D eigenvalue weighted by molar-refractivity contribution is 7.98. The Hall–Kier alpha value is -3.41. The number of benzene rings is 2. The molecule has 0 aliphatic rings. The number of hydrazine groups is 1. The second kappa shape index (κ2) is 9.61. The highest BCUT2D eigenvalue weighted by Gasteiger charge is 2.27. The fourth-order valence-electron chi connectivity index (χ4n) is 3.11. The molecule has 0 bridgehead atoms. The van der Waals surface area contributed by atoms with Crippen LogP contribution in [0.15, 0.2) is 45.2 Å². The Kier molecular flexibility index (Phi) is 7.06. The Labute approximate surface area is 192 Å². The van der Waals surface area contributed by atoms with Gasteiger partial charge in [-0.25, -0.2) is 29.9 Å². The number of nitrogens with zero attached hydrogens (tertiary/aromatic N) is 2. The van der Waals surface area contributed by atoms with Gasteiger partial charge in [-0.2, -0.15) is 0 Å². The monoisotopic (exact) mass is 493 g/mol. The molecule has 14 nitrogen and oxygen atoms in total. The summed E-state index contributed by atoms with van der Waals surface area (Å²) < 4.78 is 28.1. The van der Waals surface area contributed by atoms with E-state index in [2.05, 4.69) is 19.8 Å². The minimum absolute atomic E-state index is 0.00415. The molecule has 3 aromatic rings. The van der Waals surface area contributed by atoms with Crippen molar-refractivity contribution in [1.82, 2.24) is 20.2 Å². The van der Waals surface area contributed by atoms with E-state index in [-0.39, 0.29) is 33.7 Å². The minimum Gasteiger partial charge on any atom is -0.382 e. The lowest BCUT2D eigenvalue weighted by atomic mass is 9.97. The number of amidine groups is 1. The van der Waals surface area contributed by atoms with Crippen molar-refractivity contribution >= 4 is 50.7 Å². The van der Waals surface area contributed by atoms with Crippen LogP contribution >= 0.6 is 11.9 Å². The fraction of sp³-hybridized carbons (Fsp3) is 0.118. The maximum atomic E-state index is 12.7. The van der Waals surface area contributed by atoms with Crippen LogP contribution in [0.1, 0.15) is 5.56 Å². The zero-order valence-electron chi connectivity index (χ0n) is 17.1. The van der Waals surface area contributed by atoms with Crippen LogP contribution in [0.25, 0.3) is 22.2 Å². The normalized spacial score (nSPS) is 13.2. The topological polar surface area (TPSA) is 272 Å². The number of hydrogen-bond donors (Lipinski definition) is 9. The summed E-state index contributed by atoms with van der Waals surface area (Å²) in [4.78, 5) is 18.2. The number of fused-ring (bicyclic) bond motifs is 1. The van der Waals surface area contributed by atoms with E-state index in [9.17, 15) is 13.2 Å². The third kappa shape index (κ3) is 5.16. The van der Waals surface area contributed by atoms with Gasteiger partial charge < -0.3 is 27.9 Å². The molecule has 33 heavy (non-hydrogen) atoms. The molecule has 1 amide bonds. The van der Waals surface area contributed by atoms with Crippen molar-refractivity contribution in [3.63, 3.8) is 0 Å². The number of carbonyl (C=O) groups is 1. The van der Waals surface area contributed by atoms with Crippen LogP contribution < -0.4 is 44.2 Å². The first-order chi connectivity index (χ1) is 15.5. The molecule has 1 unspecified atom stereocenters. The molecule has 0 radical (unpaired) electrons. The average Bonchev–Trinajstić information content (AvgIpc) is 3.12. The van der Waals surface area contributed by atoms with Crippen LogP contribution in [0.2, 0.25) is 0 Å². The van der Waals surface area contributed by atoms with Crippen LogP contribution in [0.4, 0.5) is 5.95 Å². The van der Waals surface area contributed by atoms with Crippen molar-refractivity contribution in [3.05, 3.63) is 35.9 Å². The van der Waals surface area contributed by atoms with Crippen LogP contribution in [0.5, 0.6) is 0 Å². The second-order valence-electron chi connectivity index (χ2n) is 6.77. The lowest BCUT2D eigenvalue weighted by Crippen LogP contribution is -2.42. The largest absolute Gasteiger partial charge is 0.382 e. The number of nitrogens with two attached hydrogens (primary N) is 6. The number of carbonyl (C=O) groups excluding carboxylic acids is 1. The number of nitrogen functional groups attached to an aromatic ring is 1. The summed E-state index contributed by atoms with van der Waals surface area (Å²) in [5.41, 5.74) is 26.7. The molecular weight excluding hydrogens is 470 g/mol. The number of primary sulfonamides is 1. The van der Waals surface area contributed by atoms with E-state index in [1.54, 1.807) is 24.3 Å². The van der Waals surface area contributed by atoms with Crippen molar-refractivity contribution in [2.24, 2.45) is 33.3 Å². The fourth-order valence-corrected chi connectivity index (χ4v) is 5.18. The van der Waals surface area contributed by atoms with Gasteiger partial charge in [0.15, 0.2) is 11.8 Å². The number of aromatic amines is 1. The van der Waals surface area contributed by atoms with Crippen LogP contribution in [-0.4, -0.2) is 42.7 Å². The average molecular weight is 494 g/mol. The Balaban J connectivity index is 2.25. The number of imidazole rings is 1. The molecule has 16 heteroatoms. The van der Waals surface area contributed by atoms with Gasteiger partial charge in [0, 0.05) is 22.6 Å². The van der Waals surface area contributed by atoms with E-state index in [1.165, 1.54) is 6.07 Å². The molecule has 0 saturated heterocycles. The Morgan fingerprint density at radius 3 is 2.58 bits per heavy atom. The first kappa shape index (κ1) is 24.2. The molecule has 176 valence electrons. The van der Waals surface area contributed by atoms with Crippen molar-refractivity contribution in [3.8, 4) is 11.1 Å². The Bertz CT molecular complexity index is 1340. The number of nitrogens with one attached hydrogen (secondary N) is 3. The summed E-state index contributed by atoms with van der Waals surface area (Å²) in [7, 11) is -4.34. The number of rotatable bonds is 9. The number of aromatic nitrogens is 2. The molecular formula is C17H23N11O3S2. The third-order valence-corrected chi connectivity index (χ3v) is 6.51. The van der Waals surface area contributed by atoms with Gasteiger partial charge in [-0.15, -0.1) is 5.10 Å². The van der Waals surface area contributed by atoms with Crippen molar-refractivity contribution in [2.45, 2.75) is 15.8 Å². The predicted molar refractivity (Wildman–Crippen MR) is 126 cm³/mol. The third-order valence-electron chi connectivity index (χ3n) is 4.52. The summed E-state index contributed by atoms with van der Waals surface area (Å²) in [6.45, 7) is -0.0269. The zero-order valence-corrected chi connectivity index (χ0v) is 18.7. The second-order valence-corrected chi connectivity index (χ2v) is 9.20. The molecule has 0 fully saturated rings. The van der Waals surface area contributed by atoms with Gasteiger partial charge in [0.1, 0.15) is 4.90 Å². The van der Waals surface area contributed by atoms with E-state index in [1.807, 2.05) is 5.53 Å². The Morgan fingerprint density at radius 1 is 1.21 bits per heavy atom. The van der Waals surface area contributed by atoms with Crippen LogP contribution in [0.3, 0.4) is 0 Å². The molecule has 1 heterocycles. The lowest BCUT2D eigenvalue weighted by molar-refractivity contribution is -0.119. The number of H-pyrrole nitrogens is 1. The van der Waals surface area contributed by atoms with Crippen molar-refractivity contribution < 1.29 is 13.2 Å². The van der Waals surface area contributed by atoms with E-state index >= 15 is 0 Å². The molecule has 0 saturated carbocycles. The number of hydrazone groups is 1. The number of anilines is 1. The number of sulfonamides is 1. The number of para-hydroxylation sites is 1. The van der Waals surface area contributed by atoms with Gasteiger partial charge >= 0.3 is 0 Å². The highest BCUT2D eigenvalue weighted by Crippen LogP contribution is 2.37. The zero-order chi connectivity index (χ0) is 24.3. The molecule has 1 aromatic heterocycles. The van der Waals surface area contributed by atoms with Crippen LogP contribution in [0, 0.1) is 0 Å². The number of amides is 1. The maximum absolute atomic E-state index is 12.7. The van der Waals surface area contributed by atoms with E-state index < -0.39 is 22.0 Å². The molecule has 1 atom stereocenters. The molecule has 0 spiro atoms. The smallest absolute Gasteiger partial charge is 0.239 e. The number of primary amides is 1. The van der Waals surface area contributed by atoms with Gasteiger partial charge in [-0.05, 0) is 29.6 Å². The van der Waals surface area contributed by atoms with Crippen molar-refractivity contribution in [1.29, 1.82) is 0 Å². The quantitative estimate of drug-likeness (QED) is 0.0514. The van der Waals surface area contributed by atoms with Gasteiger partial charge in [0.05, 0.1) is 17.1 Å². The summed E-state index contributed by atoms with van der Waals surface area (Å²) in [5.74, 6) is 4.50. The van der Waals surface area contributed by atoms with E-state index in [0.29, 0.717) is 22.2 Å². The molecule has 3 rings (SSSR count). The SMILES string of the molecule is NN/N=C(\N)c1c(-c2cccc3[nH]c(N)nc23)ccc(SNCC(N)C(N)=O)c1S(N)(=O)=O. The molecule has 0 aliphatic heterocycles. The van der Waals surface area contributed by atoms with E-state index in [4.69, 9.17) is 33.9 Å². The van der Waals surface area contributed by atoms with Gasteiger partial charge in [-0.3, -0.25) is 9.52 Å². The van der Waals surface area contributed by atoms with Gasteiger partial charge in [-0.1, -0.05) is 18.2 Å². The summed E-state index contributed by atoms with van der Waals surface area (Å²) >= 11 is 0.880. The maximum Gasteiger partial charge on any atom is 0.239 e. The summed E-state index contributed by atoms with van der Waals surface area (Å²) in [6, 6.07) is 7.38. The first-order valence-corrected chi connectivity index (χ1v) is 11.6. The Morgan fingerprint density at radius 2 is 1.94 bits per heavy atom. The molecule has 15 N–H and O–H groups in total. The summed E-state index contributed by atoms with van der Waals surface area (Å²) in [6.07, 6.45) is 0. The lowest BCUT2D eigenvalue weighted by Gasteiger charge is -2.18. The number of hydrogen-bond acceptors (Lipinski definition) is 11. The standard InChI is InChI=1S/C17H23N11O3S2/c18-9(16(20)29)6-24-32-11-5-4-7(8-2-1-3-10-13(8)26-17(21)25-10)12(15(19)27-28-22)14(11)33(23,30)31/h1-5,9,24,28H,6,18,22H2,(H2,19,27)(H2,20,29)(H3,21,25,26)(H2,23,30,31). The highest BCUT2D eigenvalue weighted by atomic mass is 32.2.